The van der Waals surface area contributed by atoms with Gasteiger partial charge in [0.1, 0.15) is 6.54 Å². The molecule has 10 heteroatoms. The average Bonchev–Trinajstić information content (AvgIpc) is 3.03. The summed E-state index contributed by atoms with van der Waals surface area (Å²) in [6.07, 6.45) is 0.877. The first-order valence-electron chi connectivity index (χ1n) is 11.3. The number of carboxylic acid groups (broad SMARTS) is 2. The van der Waals surface area contributed by atoms with Crippen LogP contribution in [0.3, 0.4) is 0 Å². The minimum atomic E-state index is -1.11. The highest BCUT2D eigenvalue weighted by atomic mass is 35.5. The molecule has 2 aromatic rings. The van der Waals surface area contributed by atoms with E-state index in [1.165, 1.54) is 0 Å². The number of amides is 2. The van der Waals surface area contributed by atoms with Gasteiger partial charge in [0.25, 0.3) is 5.91 Å². The Kier molecular flexibility index (Phi) is 9.51. The Bertz CT molecular complexity index is 1130. The first kappa shape index (κ1) is 29.1. The van der Waals surface area contributed by atoms with Crippen LogP contribution in [0.5, 0.6) is 0 Å². The van der Waals surface area contributed by atoms with E-state index in [-0.39, 0.29) is 5.91 Å². The molecule has 1 aliphatic rings. The number of rotatable bonds is 6. The molecule has 2 atom stereocenters. The zero-order valence-electron chi connectivity index (χ0n) is 20.5. The van der Waals surface area contributed by atoms with Gasteiger partial charge in [-0.3, -0.25) is 19.2 Å². The van der Waals surface area contributed by atoms with E-state index in [9.17, 15) is 19.2 Å². The summed E-state index contributed by atoms with van der Waals surface area (Å²) in [5.74, 6) is -3.31. The molecule has 0 radical (unpaired) electrons. The van der Waals surface area contributed by atoms with E-state index in [1.54, 1.807) is 39.0 Å². The molecular formula is C26H30Cl2N2O6. The van der Waals surface area contributed by atoms with Crippen LogP contribution in [-0.2, 0) is 14.4 Å². The Balaban J connectivity index is 0.000000254. The van der Waals surface area contributed by atoms with Crippen molar-refractivity contribution in [2.75, 3.05) is 11.9 Å². The smallest absolute Gasteiger partial charge is 0.322 e. The SMILES string of the molecule is CC1(C)[C@H](C(=O)O)CC[C@]1(C)C(=O)NCC(=O)O.Cc1ccc(NC(=O)c2c(Cl)cccc2Cl)cc1. The van der Waals surface area contributed by atoms with Gasteiger partial charge in [-0.25, -0.2) is 0 Å². The van der Waals surface area contributed by atoms with Crippen molar-refractivity contribution in [1.29, 1.82) is 0 Å². The van der Waals surface area contributed by atoms with Crippen LogP contribution in [0.25, 0.3) is 0 Å². The highest BCUT2D eigenvalue weighted by molar-refractivity contribution is 6.40. The van der Waals surface area contributed by atoms with E-state index in [4.69, 9.17) is 33.4 Å². The summed E-state index contributed by atoms with van der Waals surface area (Å²) in [5, 5.41) is 23.5. The molecule has 36 heavy (non-hydrogen) atoms. The number of hydrogen-bond acceptors (Lipinski definition) is 4. The van der Waals surface area contributed by atoms with Gasteiger partial charge in [0.2, 0.25) is 5.91 Å². The molecule has 0 saturated heterocycles. The molecule has 0 heterocycles. The predicted molar refractivity (Wildman–Crippen MR) is 138 cm³/mol. The lowest BCUT2D eigenvalue weighted by Crippen LogP contribution is -2.49. The summed E-state index contributed by atoms with van der Waals surface area (Å²) >= 11 is 11.9. The zero-order valence-corrected chi connectivity index (χ0v) is 22.0. The third-order valence-corrected chi connectivity index (χ3v) is 7.55. The molecule has 1 aliphatic carbocycles. The second kappa shape index (κ2) is 11.8. The Morgan fingerprint density at radius 2 is 1.53 bits per heavy atom. The maximum atomic E-state index is 12.1. The summed E-state index contributed by atoms with van der Waals surface area (Å²) in [6.45, 7) is 6.74. The Morgan fingerprint density at radius 3 is 2.00 bits per heavy atom. The predicted octanol–water partition coefficient (Wildman–Crippen LogP) is 5.27. The van der Waals surface area contributed by atoms with Crippen molar-refractivity contribution in [2.24, 2.45) is 16.7 Å². The third kappa shape index (κ3) is 6.56. The minimum absolute atomic E-state index is 0.293. The van der Waals surface area contributed by atoms with Crippen molar-refractivity contribution >= 4 is 52.6 Å². The molecule has 0 aromatic heterocycles. The van der Waals surface area contributed by atoms with Crippen molar-refractivity contribution in [3.8, 4) is 0 Å². The Morgan fingerprint density at radius 1 is 0.972 bits per heavy atom. The summed E-state index contributed by atoms with van der Waals surface area (Å²) in [5.41, 5.74) is 0.569. The normalized spacial score (nSPS) is 20.0. The number of hydrogen-bond donors (Lipinski definition) is 4. The van der Waals surface area contributed by atoms with Crippen LogP contribution in [0.4, 0.5) is 5.69 Å². The molecule has 2 aromatic carbocycles. The monoisotopic (exact) mass is 536 g/mol. The summed E-state index contributed by atoms with van der Waals surface area (Å²) < 4.78 is 0. The van der Waals surface area contributed by atoms with Crippen LogP contribution < -0.4 is 10.6 Å². The topological polar surface area (TPSA) is 133 Å². The van der Waals surface area contributed by atoms with E-state index in [0.717, 1.165) is 5.56 Å². The molecule has 0 spiro atoms. The van der Waals surface area contributed by atoms with Gasteiger partial charge in [-0.15, -0.1) is 0 Å². The Labute approximate surface area is 220 Å². The summed E-state index contributed by atoms with van der Waals surface area (Å²) in [4.78, 5) is 45.8. The van der Waals surface area contributed by atoms with E-state index < -0.39 is 41.1 Å². The van der Waals surface area contributed by atoms with Crippen molar-refractivity contribution in [3.05, 3.63) is 63.6 Å². The van der Waals surface area contributed by atoms with Crippen molar-refractivity contribution in [3.63, 3.8) is 0 Å². The van der Waals surface area contributed by atoms with E-state index >= 15 is 0 Å². The van der Waals surface area contributed by atoms with Gasteiger partial charge in [0.05, 0.1) is 26.9 Å². The number of halogens is 2. The largest absolute Gasteiger partial charge is 0.481 e. The maximum absolute atomic E-state index is 12.1. The van der Waals surface area contributed by atoms with E-state index in [1.807, 2.05) is 31.2 Å². The molecule has 3 rings (SSSR count). The first-order valence-corrected chi connectivity index (χ1v) is 12.0. The summed E-state index contributed by atoms with van der Waals surface area (Å²) in [7, 11) is 0. The fourth-order valence-electron chi connectivity index (χ4n) is 4.24. The average molecular weight is 537 g/mol. The van der Waals surface area contributed by atoms with Gasteiger partial charge < -0.3 is 20.8 Å². The number of aryl methyl sites for hydroxylation is 1. The highest BCUT2D eigenvalue weighted by Crippen LogP contribution is 2.56. The molecule has 0 unspecified atom stereocenters. The number of anilines is 1. The second-order valence-electron chi connectivity index (χ2n) is 9.48. The lowest BCUT2D eigenvalue weighted by Gasteiger charge is -2.38. The van der Waals surface area contributed by atoms with Gasteiger partial charge in [0.15, 0.2) is 0 Å². The molecule has 2 amide bonds. The number of carbonyl (C=O) groups is 4. The molecule has 1 fully saturated rings. The molecule has 0 aliphatic heterocycles. The van der Waals surface area contributed by atoms with Crippen molar-refractivity contribution in [2.45, 2.75) is 40.5 Å². The Hall–Kier alpha value is -3.10. The fraction of sp³-hybridized carbons (Fsp3) is 0.385. The minimum Gasteiger partial charge on any atom is -0.481 e. The van der Waals surface area contributed by atoms with Crippen LogP contribution in [0.15, 0.2) is 42.5 Å². The van der Waals surface area contributed by atoms with Gasteiger partial charge in [0, 0.05) is 5.69 Å². The molecule has 4 N–H and O–H groups in total. The lowest BCUT2D eigenvalue weighted by atomic mass is 9.65. The maximum Gasteiger partial charge on any atom is 0.322 e. The molecule has 0 bridgehead atoms. The number of carboxylic acids is 2. The van der Waals surface area contributed by atoms with Crippen LogP contribution in [0, 0.1) is 23.7 Å². The molecule has 8 nitrogen and oxygen atoms in total. The second-order valence-corrected chi connectivity index (χ2v) is 10.3. The number of benzene rings is 2. The van der Waals surface area contributed by atoms with Gasteiger partial charge in [-0.05, 0) is 49.4 Å². The zero-order chi connectivity index (χ0) is 27.3. The van der Waals surface area contributed by atoms with E-state index in [2.05, 4.69) is 10.6 Å². The fourth-order valence-corrected chi connectivity index (χ4v) is 4.80. The van der Waals surface area contributed by atoms with Gasteiger partial charge in [-0.1, -0.05) is 67.7 Å². The van der Waals surface area contributed by atoms with Crippen LogP contribution in [0.2, 0.25) is 10.0 Å². The molecular weight excluding hydrogens is 507 g/mol. The van der Waals surface area contributed by atoms with Crippen molar-refractivity contribution in [1.82, 2.24) is 5.32 Å². The van der Waals surface area contributed by atoms with Crippen LogP contribution in [0.1, 0.15) is 49.5 Å². The standard InChI is InChI=1S/C14H11Cl2NO.C12H19NO5/c1-9-5-7-10(8-6-9)17-14(18)13-11(15)3-2-4-12(13)16;1-11(2)7(9(16)17)4-5-12(11,3)10(18)13-6-8(14)15/h2-8H,1H3,(H,17,18);7H,4-6H2,1-3H3,(H,13,18)(H,14,15)(H,16,17)/t;7-,12+/m.0/s1. The van der Waals surface area contributed by atoms with Crippen LogP contribution in [-0.4, -0.2) is 40.5 Å². The number of aliphatic carboxylic acids is 2. The first-order chi connectivity index (χ1) is 16.7. The quantitative estimate of drug-likeness (QED) is 0.397. The third-order valence-electron chi connectivity index (χ3n) is 6.92. The van der Waals surface area contributed by atoms with Crippen LogP contribution >= 0.6 is 23.2 Å². The lowest BCUT2D eigenvalue weighted by molar-refractivity contribution is -0.149. The number of nitrogens with one attached hydrogen (secondary N) is 2. The van der Waals surface area contributed by atoms with Crippen molar-refractivity contribution < 1.29 is 29.4 Å². The summed E-state index contributed by atoms with van der Waals surface area (Å²) in [6, 6.07) is 12.5. The van der Waals surface area contributed by atoms with Gasteiger partial charge in [-0.2, -0.15) is 0 Å². The van der Waals surface area contributed by atoms with E-state index in [0.29, 0.717) is 34.1 Å². The highest BCUT2D eigenvalue weighted by Gasteiger charge is 2.58. The molecule has 1 saturated carbocycles. The van der Waals surface area contributed by atoms with Gasteiger partial charge >= 0.3 is 11.9 Å². The molecule has 194 valence electrons. The number of carbonyl (C=O) groups excluding carboxylic acids is 2.